The maximum atomic E-state index is 13.5. The Morgan fingerprint density at radius 1 is 0.667 bits per heavy atom. The van der Waals surface area contributed by atoms with Crippen molar-refractivity contribution < 1.29 is 50.6 Å². The predicted molar refractivity (Wildman–Crippen MR) is 282 cm³/mol. The molecule has 4 aromatic rings. The molecule has 2 atom stereocenters. The van der Waals surface area contributed by atoms with Crippen molar-refractivity contribution in [2.75, 3.05) is 75.1 Å². The molecule has 0 fully saturated rings. The van der Waals surface area contributed by atoms with Gasteiger partial charge in [-0.25, -0.2) is 18.7 Å². The second-order valence-electron chi connectivity index (χ2n) is 16.0. The van der Waals surface area contributed by atoms with Gasteiger partial charge in [-0.1, -0.05) is 77.0 Å². The Labute approximate surface area is 436 Å². The monoisotopic (exact) mass is 1060 g/mol. The molecule has 0 aliphatic rings. The molecule has 2 aromatic heterocycles. The first-order valence-corrected chi connectivity index (χ1v) is 23.5. The summed E-state index contributed by atoms with van der Waals surface area (Å²) in [6, 6.07) is 11.6. The van der Waals surface area contributed by atoms with Crippen molar-refractivity contribution >= 4 is 52.6 Å². The Morgan fingerprint density at radius 2 is 1.11 bits per heavy atom. The Balaban J connectivity index is 0. The second-order valence-corrected chi connectivity index (χ2v) is 16.0. The summed E-state index contributed by atoms with van der Waals surface area (Å²) in [7, 11) is 5.45. The molecule has 2 heterocycles. The number of hydrogen-bond acceptors (Lipinski definition) is 12. The molecule has 414 valence electrons. The minimum atomic E-state index is -0.582. The van der Waals surface area contributed by atoms with Crippen molar-refractivity contribution in [3.8, 4) is 23.7 Å². The molecule has 0 aliphatic heterocycles. The number of amides is 3. The maximum absolute atomic E-state index is 13.5. The molecule has 0 aliphatic carbocycles. The highest BCUT2D eigenvalue weighted by Gasteiger charge is 2.20. The van der Waals surface area contributed by atoms with Gasteiger partial charge in [-0.05, 0) is 89.5 Å². The average Bonchev–Trinajstić information content (AvgIpc) is 3.41. The number of rotatable bonds is 23. The van der Waals surface area contributed by atoms with Gasteiger partial charge in [0.2, 0.25) is 29.6 Å². The lowest BCUT2D eigenvalue weighted by Gasteiger charge is -2.23. The number of carbonyl (C=O) groups excluding carboxylic acids is 3. The van der Waals surface area contributed by atoms with Gasteiger partial charge in [-0.3, -0.25) is 14.4 Å². The number of nitrogens with zero attached hydrogens (tertiary/aromatic N) is 6. The van der Waals surface area contributed by atoms with E-state index >= 15 is 0 Å². The standard InChI is InChI=1S/C28H38FN7O2.C23H30FN5O.CH4.3F2/c1-6-16-30-26-22(20-32-28(34-26)33-24-14-10-13-23(29)19-24)12-8-7-9-17-31-27(38)21(2)36(5)25(37)15-11-18-35(3)4;1-4-13-25-21-18(10-7-6-8-14-26-22(30)17(3)5-2)16-27-23(29-21)28-20-12-9-11-19(24)15-20;;3*1-2/h10-11,13-15,19-21H,6-7,9,16-18H2,1-5H3,(H,31,38)(H2,30,32,33,34);9,11-12,15-17H,4-6,8,13-14H2,1-3H3,(H,26,30)(H2,25,27,28,29);1H4;;;/b15-11+;;;;;/t21-;17-;;;;/m01..../s1. The Kier molecular flexibility index (Phi) is 39.8. The number of carbonyl (C=O) groups is 3. The lowest BCUT2D eigenvalue weighted by Crippen LogP contribution is -2.45. The fraction of sp³-hybridized carbons (Fsp3) is 0.442. The molecular formula is C52H72F8N12O3. The lowest BCUT2D eigenvalue weighted by molar-refractivity contribution is -0.135. The third-order valence-electron chi connectivity index (χ3n) is 9.92. The molecule has 4 rings (SSSR count). The van der Waals surface area contributed by atoms with E-state index in [-0.39, 0.29) is 42.7 Å². The van der Waals surface area contributed by atoms with Crippen molar-refractivity contribution in [3.63, 3.8) is 0 Å². The highest BCUT2D eigenvalue weighted by atomic mass is 20.0. The van der Waals surface area contributed by atoms with Crippen LogP contribution >= 0.6 is 0 Å². The summed E-state index contributed by atoms with van der Waals surface area (Å²) >= 11 is 0. The number of anilines is 6. The fourth-order valence-corrected chi connectivity index (χ4v) is 5.66. The van der Waals surface area contributed by atoms with Crippen molar-refractivity contribution in [3.05, 3.63) is 95.8 Å². The van der Waals surface area contributed by atoms with Gasteiger partial charge in [0, 0.05) is 103 Å². The molecule has 0 saturated heterocycles. The molecule has 0 unspecified atom stereocenters. The van der Waals surface area contributed by atoms with E-state index in [0.717, 1.165) is 38.8 Å². The van der Waals surface area contributed by atoms with E-state index in [9.17, 15) is 23.2 Å². The van der Waals surface area contributed by atoms with E-state index < -0.39 is 6.04 Å². The van der Waals surface area contributed by atoms with Gasteiger partial charge in [0.25, 0.3) is 0 Å². The van der Waals surface area contributed by atoms with Gasteiger partial charge in [0.15, 0.2) is 0 Å². The van der Waals surface area contributed by atoms with E-state index in [0.29, 0.717) is 84.9 Å². The molecule has 0 spiro atoms. The zero-order valence-electron chi connectivity index (χ0n) is 43.0. The number of hydrogen-bond donors (Lipinski definition) is 6. The van der Waals surface area contributed by atoms with Crippen LogP contribution in [0.5, 0.6) is 0 Å². The number of likely N-dealkylation sites (N-methyl/N-ethyl adjacent to an activating group) is 2. The summed E-state index contributed by atoms with van der Waals surface area (Å²) in [6.07, 6.45) is 11.9. The highest BCUT2D eigenvalue weighted by Crippen LogP contribution is 2.20. The third-order valence-corrected chi connectivity index (χ3v) is 9.92. The number of halogens is 8. The largest absolute Gasteiger partial charge is 0.369 e. The van der Waals surface area contributed by atoms with Crippen molar-refractivity contribution in [1.29, 1.82) is 0 Å². The lowest BCUT2D eigenvalue weighted by atomic mass is 10.1. The topological polar surface area (TPSA) is 181 Å². The van der Waals surface area contributed by atoms with E-state index in [1.165, 1.54) is 35.2 Å². The van der Waals surface area contributed by atoms with Crippen LogP contribution in [0.15, 0.2) is 73.1 Å². The summed E-state index contributed by atoms with van der Waals surface area (Å²) in [5.41, 5.74) is 2.49. The van der Waals surface area contributed by atoms with Crippen LogP contribution < -0.4 is 31.9 Å². The fourth-order valence-electron chi connectivity index (χ4n) is 5.66. The third kappa shape index (κ3) is 29.7. The summed E-state index contributed by atoms with van der Waals surface area (Å²) in [5.74, 6) is 13.4. The van der Waals surface area contributed by atoms with Gasteiger partial charge in [0.05, 0.1) is 23.5 Å². The summed E-state index contributed by atoms with van der Waals surface area (Å²) in [6.45, 7) is 12.9. The number of nitrogens with one attached hydrogen (secondary N) is 6. The van der Waals surface area contributed by atoms with Crippen LogP contribution in [-0.2, 0) is 14.4 Å². The highest BCUT2D eigenvalue weighted by molar-refractivity contribution is 5.92. The first-order chi connectivity index (χ1) is 35.7. The van der Waals surface area contributed by atoms with Crippen molar-refractivity contribution in [1.82, 2.24) is 40.4 Å². The molecule has 15 nitrogen and oxygen atoms in total. The number of aromatic nitrogens is 4. The normalized spacial score (nSPS) is 10.6. The second kappa shape index (κ2) is 42.9. The average molecular weight is 1070 g/mol. The SMILES string of the molecule is C.CCCNc1nc(Nc2cccc(F)c2)ncc1C#CCCCNC(=O)[C@H](C)CC.CCCNc1nc(Nc2cccc(F)c2)ncc1C#CCCCNC(=O)[C@H](C)N(C)C(=O)/C=C/CN(C)C.FF.FF.FF. The zero-order valence-corrected chi connectivity index (χ0v) is 43.0. The van der Waals surface area contributed by atoms with Crippen LogP contribution in [0.3, 0.4) is 0 Å². The van der Waals surface area contributed by atoms with Gasteiger partial charge in [-0.15, -0.1) is 0 Å². The first kappa shape index (κ1) is 69.5. The Morgan fingerprint density at radius 3 is 1.51 bits per heavy atom. The van der Waals surface area contributed by atoms with E-state index in [1.807, 2.05) is 32.8 Å². The van der Waals surface area contributed by atoms with Crippen molar-refractivity contribution in [2.45, 2.75) is 93.0 Å². The van der Waals surface area contributed by atoms with Crippen LogP contribution in [0.4, 0.5) is 71.1 Å². The molecule has 6 N–H and O–H groups in total. The molecule has 2 aromatic carbocycles. The predicted octanol–water partition coefficient (Wildman–Crippen LogP) is 11.0. The van der Waals surface area contributed by atoms with Crippen molar-refractivity contribution in [2.24, 2.45) is 5.92 Å². The van der Waals surface area contributed by atoms with Gasteiger partial charge in [0.1, 0.15) is 29.3 Å². The minimum absolute atomic E-state index is 0. The summed E-state index contributed by atoms with van der Waals surface area (Å²) in [4.78, 5) is 57.4. The van der Waals surface area contributed by atoms with Gasteiger partial charge < -0.3 is 41.7 Å². The Hall–Kier alpha value is -7.53. The Bertz CT molecular complexity index is 2400. The van der Waals surface area contributed by atoms with Crippen LogP contribution in [-0.4, -0.2) is 107 Å². The minimum Gasteiger partial charge on any atom is -0.369 e. The zero-order chi connectivity index (χ0) is 55.7. The molecule has 0 bridgehead atoms. The maximum Gasteiger partial charge on any atom is 0.246 e. The molecule has 75 heavy (non-hydrogen) atoms. The van der Waals surface area contributed by atoms with E-state index in [2.05, 4.69) is 89.4 Å². The van der Waals surface area contributed by atoms with Gasteiger partial charge in [-0.2, -0.15) is 9.97 Å². The van der Waals surface area contributed by atoms with Gasteiger partial charge >= 0.3 is 0 Å². The van der Waals surface area contributed by atoms with Crippen LogP contribution in [0.2, 0.25) is 0 Å². The van der Waals surface area contributed by atoms with Crippen LogP contribution in [0.25, 0.3) is 0 Å². The van der Waals surface area contributed by atoms with Crippen LogP contribution in [0.1, 0.15) is 98.1 Å². The molecule has 0 radical (unpaired) electrons. The molecule has 23 heteroatoms. The number of benzene rings is 2. The van der Waals surface area contributed by atoms with E-state index in [4.69, 9.17) is 27.4 Å². The molecular weight excluding hydrogens is 993 g/mol. The molecule has 3 amide bonds. The summed E-state index contributed by atoms with van der Waals surface area (Å²) in [5, 5.41) is 18.3. The molecule has 0 saturated carbocycles. The first-order valence-electron chi connectivity index (χ1n) is 23.5. The van der Waals surface area contributed by atoms with Crippen LogP contribution in [0, 0.1) is 41.2 Å². The smallest absolute Gasteiger partial charge is 0.246 e. The van der Waals surface area contributed by atoms with E-state index in [1.54, 1.807) is 56.7 Å². The quantitative estimate of drug-likeness (QED) is 0.0179. The summed E-state index contributed by atoms with van der Waals surface area (Å²) < 4.78 is 74.8. The number of unbranched alkanes of at least 4 members (excludes halogenated alkanes) is 2.